The van der Waals surface area contributed by atoms with Gasteiger partial charge in [-0.15, -0.1) is 0 Å². The fourth-order valence-electron chi connectivity index (χ4n) is 1.50. The van der Waals surface area contributed by atoms with Crippen molar-refractivity contribution in [1.82, 2.24) is 9.97 Å². The molecule has 0 aliphatic rings. The number of aliphatic hydroxyl groups excluding tert-OH is 1. The van der Waals surface area contributed by atoms with Crippen molar-refractivity contribution < 1.29 is 5.11 Å². The van der Waals surface area contributed by atoms with Crippen LogP contribution in [0.4, 0.5) is 11.5 Å². The molecule has 0 bridgehead atoms. The Balaban J connectivity index is 2.06. The molecule has 0 fully saturated rings. The molecule has 1 aromatic heterocycles. The van der Waals surface area contributed by atoms with E-state index in [1.165, 1.54) is 6.33 Å². The summed E-state index contributed by atoms with van der Waals surface area (Å²) in [5.41, 5.74) is 7.17. The van der Waals surface area contributed by atoms with Crippen LogP contribution in [0, 0.1) is 0 Å². The van der Waals surface area contributed by atoms with Gasteiger partial charge in [0.15, 0.2) is 5.82 Å². The van der Waals surface area contributed by atoms with E-state index in [0.29, 0.717) is 12.4 Å². The van der Waals surface area contributed by atoms with E-state index in [2.05, 4.69) is 15.3 Å². The number of anilines is 2. The summed E-state index contributed by atoms with van der Waals surface area (Å²) in [6.45, 7) is 0.530. The van der Waals surface area contributed by atoms with Crippen LogP contribution in [0.25, 0.3) is 0 Å². The van der Waals surface area contributed by atoms with Crippen molar-refractivity contribution >= 4 is 11.5 Å². The number of H-pyrrole nitrogens is 1. The zero-order valence-corrected chi connectivity index (χ0v) is 9.68. The monoisotopic (exact) mass is 246 g/mol. The maximum Gasteiger partial charge on any atom is 0.276 e. The molecule has 0 atom stereocenters. The molecule has 6 heteroatoms. The van der Waals surface area contributed by atoms with Crippen LogP contribution in [0.2, 0.25) is 0 Å². The lowest BCUT2D eigenvalue weighted by molar-refractivity contribution is 0.282. The predicted molar refractivity (Wildman–Crippen MR) is 69.0 cm³/mol. The predicted octanol–water partition coefficient (Wildman–Crippen LogP) is 0.456. The number of nitrogens with two attached hydrogens (primary N) is 1. The van der Waals surface area contributed by atoms with E-state index in [1.807, 2.05) is 24.3 Å². The Morgan fingerprint density at radius 3 is 2.61 bits per heavy atom. The molecule has 1 heterocycles. The van der Waals surface area contributed by atoms with E-state index in [9.17, 15) is 4.79 Å². The topological polar surface area (TPSA) is 104 Å². The minimum atomic E-state index is -0.358. The normalized spacial score (nSPS) is 10.3. The Labute approximate surface area is 104 Å². The smallest absolute Gasteiger partial charge is 0.276 e. The molecular formula is C12H14N4O2. The van der Waals surface area contributed by atoms with Crippen molar-refractivity contribution in [2.24, 2.45) is 0 Å². The second-order valence-corrected chi connectivity index (χ2v) is 3.82. The summed E-state index contributed by atoms with van der Waals surface area (Å²) in [7, 11) is 0. The summed E-state index contributed by atoms with van der Waals surface area (Å²) < 4.78 is 0. The maximum atomic E-state index is 11.2. The summed E-state index contributed by atoms with van der Waals surface area (Å²) in [5.74, 6) is 0.366. The van der Waals surface area contributed by atoms with Crippen LogP contribution in [-0.2, 0) is 13.2 Å². The van der Waals surface area contributed by atoms with E-state index < -0.39 is 0 Å². The Bertz CT molecular complexity index is 577. The summed E-state index contributed by atoms with van der Waals surface area (Å²) in [6, 6.07) is 7.46. The van der Waals surface area contributed by atoms with Gasteiger partial charge in [-0.1, -0.05) is 24.3 Å². The highest BCUT2D eigenvalue weighted by Crippen LogP contribution is 2.10. The number of aliphatic hydroxyl groups is 1. The van der Waals surface area contributed by atoms with E-state index >= 15 is 0 Å². The Hall–Kier alpha value is -2.34. The number of hydrogen-bond donors (Lipinski definition) is 4. The van der Waals surface area contributed by atoms with Gasteiger partial charge in [0.1, 0.15) is 5.69 Å². The molecule has 5 N–H and O–H groups in total. The average Bonchev–Trinajstić information content (AvgIpc) is 2.41. The molecule has 0 amide bonds. The summed E-state index contributed by atoms with van der Waals surface area (Å²) in [4.78, 5) is 17.6. The summed E-state index contributed by atoms with van der Waals surface area (Å²) >= 11 is 0. The highest BCUT2D eigenvalue weighted by atomic mass is 16.3. The number of nitrogen functional groups attached to an aromatic ring is 1. The van der Waals surface area contributed by atoms with Crippen LogP contribution < -0.4 is 16.6 Å². The highest BCUT2D eigenvalue weighted by molar-refractivity contribution is 5.58. The third kappa shape index (κ3) is 2.67. The lowest BCUT2D eigenvalue weighted by atomic mass is 10.1. The van der Waals surface area contributed by atoms with E-state index in [1.54, 1.807) is 0 Å². The molecule has 18 heavy (non-hydrogen) atoms. The molecule has 1 aromatic carbocycles. The number of nitrogens with one attached hydrogen (secondary N) is 2. The molecule has 2 aromatic rings. The summed E-state index contributed by atoms with van der Waals surface area (Å²) in [5, 5.41) is 11.9. The van der Waals surface area contributed by atoms with Crippen LogP contribution in [-0.4, -0.2) is 15.1 Å². The molecular weight excluding hydrogens is 232 g/mol. The number of aromatic amines is 1. The van der Waals surface area contributed by atoms with Crippen molar-refractivity contribution in [1.29, 1.82) is 0 Å². The fraction of sp³-hybridized carbons (Fsp3) is 0.167. The van der Waals surface area contributed by atoms with Gasteiger partial charge in [-0.25, -0.2) is 4.98 Å². The molecule has 0 radical (unpaired) electrons. The van der Waals surface area contributed by atoms with Gasteiger partial charge in [0, 0.05) is 6.54 Å². The van der Waals surface area contributed by atoms with Gasteiger partial charge in [-0.3, -0.25) is 4.79 Å². The van der Waals surface area contributed by atoms with Gasteiger partial charge in [0.05, 0.1) is 12.9 Å². The second kappa shape index (κ2) is 5.33. The van der Waals surface area contributed by atoms with Gasteiger partial charge in [-0.2, -0.15) is 0 Å². The van der Waals surface area contributed by atoms with E-state index in [4.69, 9.17) is 10.8 Å². The molecule has 0 spiro atoms. The molecule has 0 saturated carbocycles. The molecule has 2 rings (SSSR count). The molecule has 0 aliphatic carbocycles. The number of rotatable bonds is 4. The minimum absolute atomic E-state index is 0.0241. The first kappa shape index (κ1) is 12.1. The SMILES string of the molecule is Nc1c(NCc2ccc(CO)cc2)nc[nH]c1=O. The quantitative estimate of drug-likeness (QED) is 0.627. The van der Waals surface area contributed by atoms with Crippen molar-refractivity contribution in [3.63, 3.8) is 0 Å². The first-order chi connectivity index (χ1) is 8.70. The Kier molecular flexibility index (Phi) is 3.59. The van der Waals surface area contributed by atoms with Crippen LogP contribution in [0.3, 0.4) is 0 Å². The second-order valence-electron chi connectivity index (χ2n) is 3.82. The third-order valence-corrected chi connectivity index (χ3v) is 2.55. The number of hydrogen-bond acceptors (Lipinski definition) is 5. The molecule has 0 saturated heterocycles. The number of aromatic nitrogens is 2. The molecule has 6 nitrogen and oxygen atoms in total. The van der Waals surface area contributed by atoms with Gasteiger partial charge in [0.2, 0.25) is 0 Å². The Morgan fingerprint density at radius 1 is 1.28 bits per heavy atom. The van der Waals surface area contributed by atoms with Gasteiger partial charge in [-0.05, 0) is 11.1 Å². The van der Waals surface area contributed by atoms with Crippen molar-refractivity contribution in [3.05, 3.63) is 52.1 Å². The average molecular weight is 246 g/mol. The standard InChI is InChI=1S/C12H14N4O2/c13-10-11(15-7-16-12(10)18)14-5-8-1-3-9(6-17)4-2-8/h1-4,7,17H,5-6,13H2,(H2,14,15,16,18). The van der Waals surface area contributed by atoms with E-state index in [0.717, 1.165) is 11.1 Å². The number of benzene rings is 1. The maximum absolute atomic E-state index is 11.2. The first-order valence-electron chi connectivity index (χ1n) is 5.46. The lowest BCUT2D eigenvalue weighted by Gasteiger charge is -2.07. The van der Waals surface area contributed by atoms with Crippen molar-refractivity contribution in [3.8, 4) is 0 Å². The van der Waals surface area contributed by atoms with Crippen molar-refractivity contribution in [2.75, 3.05) is 11.1 Å². The van der Waals surface area contributed by atoms with Crippen LogP contribution >= 0.6 is 0 Å². The van der Waals surface area contributed by atoms with Gasteiger partial charge < -0.3 is 21.1 Å². The zero-order valence-electron chi connectivity index (χ0n) is 9.68. The fourth-order valence-corrected chi connectivity index (χ4v) is 1.50. The van der Waals surface area contributed by atoms with E-state index in [-0.39, 0.29) is 17.9 Å². The van der Waals surface area contributed by atoms with Gasteiger partial charge in [0.25, 0.3) is 5.56 Å². The van der Waals surface area contributed by atoms with Gasteiger partial charge >= 0.3 is 0 Å². The molecule has 94 valence electrons. The first-order valence-corrected chi connectivity index (χ1v) is 5.46. The number of nitrogens with zero attached hydrogens (tertiary/aromatic N) is 1. The van der Waals surface area contributed by atoms with Crippen LogP contribution in [0.1, 0.15) is 11.1 Å². The zero-order chi connectivity index (χ0) is 13.0. The highest BCUT2D eigenvalue weighted by Gasteiger charge is 2.03. The minimum Gasteiger partial charge on any atom is -0.392 e. The largest absolute Gasteiger partial charge is 0.392 e. The van der Waals surface area contributed by atoms with Crippen molar-refractivity contribution in [2.45, 2.75) is 13.2 Å². The third-order valence-electron chi connectivity index (χ3n) is 2.55. The lowest BCUT2D eigenvalue weighted by Crippen LogP contribution is -2.16. The summed E-state index contributed by atoms with van der Waals surface area (Å²) in [6.07, 6.45) is 1.30. The molecule has 0 aliphatic heterocycles. The Morgan fingerprint density at radius 2 is 1.94 bits per heavy atom. The van der Waals surface area contributed by atoms with Crippen LogP contribution in [0.5, 0.6) is 0 Å². The molecule has 0 unspecified atom stereocenters. The van der Waals surface area contributed by atoms with Crippen LogP contribution in [0.15, 0.2) is 35.4 Å².